The second-order valence-corrected chi connectivity index (χ2v) is 3.16. The van der Waals surface area contributed by atoms with E-state index < -0.39 is 0 Å². The molecular formula is C8H19NO2. The number of hydrogen-bond donors (Lipinski definition) is 2. The van der Waals surface area contributed by atoms with Crippen molar-refractivity contribution in [1.82, 2.24) is 4.90 Å². The standard InChI is InChI=1S/C8H19NO2/c1-7(2)9(4-5-10)6-8(3)11/h7-8,10-11H,4-6H2,1-3H3. The minimum Gasteiger partial charge on any atom is -0.395 e. The van der Waals surface area contributed by atoms with Gasteiger partial charge in [-0.05, 0) is 20.8 Å². The van der Waals surface area contributed by atoms with Crippen molar-refractivity contribution in [1.29, 1.82) is 0 Å². The number of nitrogens with zero attached hydrogens (tertiary/aromatic N) is 1. The summed E-state index contributed by atoms with van der Waals surface area (Å²) in [6, 6.07) is 0.386. The summed E-state index contributed by atoms with van der Waals surface area (Å²) in [6.45, 7) is 7.30. The first kappa shape index (κ1) is 10.9. The minimum atomic E-state index is -0.316. The van der Waals surface area contributed by atoms with Crippen molar-refractivity contribution in [2.45, 2.75) is 32.9 Å². The van der Waals surface area contributed by atoms with E-state index in [0.717, 1.165) is 0 Å². The summed E-state index contributed by atoms with van der Waals surface area (Å²) in [5.74, 6) is 0. The molecule has 0 aromatic rings. The van der Waals surface area contributed by atoms with E-state index in [9.17, 15) is 0 Å². The zero-order valence-electron chi connectivity index (χ0n) is 7.62. The van der Waals surface area contributed by atoms with Gasteiger partial charge >= 0.3 is 0 Å². The molecule has 0 fully saturated rings. The van der Waals surface area contributed by atoms with Gasteiger partial charge in [-0.25, -0.2) is 0 Å². The molecule has 1 unspecified atom stereocenters. The van der Waals surface area contributed by atoms with E-state index in [1.165, 1.54) is 0 Å². The fourth-order valence-corrected chi connectivity index (χ4v) is 1.03. The lowest BCUT2D eigenvalue weighted by Crippen LogP contribution is -2.38. The Balaban J connectivity index is 3.69. The molecule has 0 aromatic carbocycles. The van der Waals surface area contributed by atoms with E-state index in [1.54, 1.807) is 6.92 Å². The van der Waals surface area contributed by atoms with Gasteiger partial charge in [0.2, 0.25) is 0 Å². The van der Waals surface area contributed by atoms with Crippen LogP contribution < -0.4 is 0 Å². The monoisotopic (exact) mass is 161 g/mol. The molecule has 0 spiro atoms. The van der Waals surface area contributed by atoms with Crippen LogP contribution in [-0.2, 0) is 0 Å². The van der Waals surface area contributed by atoms with Gasteiger partial charge < -0.3 is 10.2 Å². The van der Waals surface area contributed by atoms with Crippen molar-refractivity contribution in [3.05, 3.63) is 0 Å². The highest BCUT2D eigenvalue weighted by Crippen LogP contribution is 1.98. The first-order valence-electron chi connectivity index (χ1n) is 4.11. The number of aliphatic hydroxyl groups excluding tert-OH is 2. The second kappa shape index (κ2) is 5.52. The molecule has 0 heterocycles. The van der Waals surface area contributed by atoms with Crippen molar-refractivity contribution >= 4 is 0 Å². The van der Waals surface area contributed by atoms with Gasteiger partial charge in [-0.2, -0.15) is 0 Å². The fraction of sp³-hybridized carbons (Fsp3) is 1.00. The lowest BCUT2D eigenvalue weighted by Gasteiger charge is -2.26. The molecule has 3 nitrogen and oxygen atoms in total. The fourth-order valence-electron chi connectivity index (χ4n) is 1.03. The van der Waals surface area contributed by atoms with Gasteiger partial charge in [0, 0.05) is 19.1 Å². The smallest absolute Gasteiger partial charge is 0.0639 e. The summed E-state index contributed by atoms with van der Waals surface area (Å²) in [6.07, 6.45) is -0.316. The van der Waals surface area contributed by atoms with Crippen molar-refractivity contribution in [2.75, 3.05) is 19.7 Å². The van der Waals surface area contributed by atoms with E-state index in [2.05, 4.69) is 13.8 Å². The first-order valence-corrected chi connectivity index (χ1v) is 4.11. The van der Waals surface area contributed by atoms with Gasteiger partial charge in [0.15, 0.2) is 0 Å². The third-order valence-electron chi connectivity index (χ3n) is 1.62. The van der Waals surface area contributed by atoms with E-state index in [-0.39, 0.29) is 12.7 Å². The van der Waals surface area contributed by atoms with E-state index >= 15 is 0 Å². The lowest BCUT2D eigenvalue weighted by atomic mass is 10.3. The second-order valence-electron chi connectivity index (χ2n) is 3.16. The zero-order chi connectivity index (χ0) is 8.85. The van der Waals surface area contributed by atoms with E-state index in [4.69, 9.17) is 10.2 Å². The highest BCUT2D eigenvalue weighted by molar-refractivity contribution is 4.64. The maximum atomic E-state index is 9.07. The van der Waals surface area contributed by atoms with Crippen molar-refractivity contribution in [2.24, 2.45) is 0 Å². The topological polar surface area (TPSA) is 43.7 Å². The maximum absolute atomic E-state index is 9.07. The van der Waals surface area contributed by atoms with Crippen molar-refractivity contribution < 1.29 is 10.2 Å². The largest absolute Gasteiger partial charge is 0.395 e. The van der Waals surface area contributed by atoms with E-state index in [1.807, 2.05) is 4.90 Å². The van der Waals surface area contributed by atoms with Gasteiger partial charge in [0.25, 0.3) is 0 Å². The summed E-state index contributed by atoms with van der Waals surface area (Å²) >= 11 is 0. The molecule has 0 rings (SSSR count). The van der Waals surface area contributed by atoms with Crippen LogP contribution in [0.2, 0.25) is 0 Å². The zero-order valence-corrected chi connectivity index (χ0v) is 7.62. The molecule has 0 radical (unpaired) electrons. The van der Waals surface area contributed by atoms with Crippen LogP contribution in [0.25, 0.3) is 0 Å². The molecule has 0 saturated heterocycles. The molecule has 0 aliphatic carbocycles. The van der Waals surface area contributed by atoms with Crippen molar-refractivity contribution in [3.63, 3.8) is 0 Å². The van der Waals surface area contributed by atoms with Gasteiger partial charge in [0.05, 0.1) is 12.7 Å². The normalized spacial score (nSPS) is 14.5. The van der Waals surface area contributed by atoms with Gasteiger partial charge in [-0.15, -0.1) is 0 Å². The van der Waals surface area contributed by atoms with Crippen LogP contribution in [0.1, 0.15) is 20.8 Å². The highest BCUT2D eigenvalue weighted by Gasteiger charge is 2.10. The van der Waals surface area contributed by atoms with Crippen LogP contribution >= 0.6 is 0 Å². The Morgan fingerprint density at radius 1 is 1.27 bits per heavy atom. The molecular weight excluding hydrogens is 142 g/mol. The Morgan fingerprint density at radius 2 is 1.82 bits per heavy atom. The van der Waals surface area contributed by atoms with Crippen LogP contribution in [0.5, 0.6) is 0 Å². The Hall–Kier alpha value is -0.120. The Labute approximate surface area is 68.6 Å². The average molecular weight is 161 g/mol. The van der Waals surface area contributed by atoms with E-state index in [0.29, 0.717) is 19.1 Å². The third-order valence-corrected chi connectivity index (χ3v) is 1.62. The van der Waals surface area contributed by atoms with Crippen molar-refractivity contribution in [3.8, 4) is 0 Å². The van der Waals surface area contributed by atoms with Crippen LogP contribution in [0.15, 0.2) is 0 Å². The predicted octanol–water partition coefficient (Wildman–Crippen LogP) is 0.0699. The molecule has 3 heteroatoms. The van der Waals surface area contributed by atoms with Gasteiger partial charge in [0.1, 0.15) is 0 Å². The van der Waals surface area contributed by atoms with Crippen LogP contribution in [0.3, 0.4) is 0 Å². The molecule has 11 heavy (non-hydrogen) atoms. The molecule has 68 valence electrons. The molecule has 0 aliphatic rings. The third kappa shape index (κ3) is 5.18. The molecule has 0 aromatic heterocycles. The summed E-state index contributed by atoms with van der Waals surface area (Å²) in [5, 5.41) is 17.8. The van der Waals surface area contributed by atoms with Gasteiger partial charge in [-0.1, -0.05) is 0 Å². The minimum absolute atomic E-state index is 0.158. The van der Waals surface area contributed by atoms with Crippen LogP contribution in [-0.4, -0.2) is 47.0 Å². The lowest BCUT2D eigenvalue weighted by molar-refractivity contribution is 0.0922. The summed E-state index contributed by atoms with van der Waals surface area (Å²) in [5.41, 5.74) is 0. The van der Waals surface area contributed by atoms with Crippen LogP contribution in [0.4, 0.5) is 0 Å². The number of hydrogen-bond acceptors (Lipinski definition) is 3. The Kier molecular flexibility index (Phi) is 5.46. The Bertz CT molecular complexity index is 94.1. The quantitative estimate of drug-likeness (QED) is 0.599. The predicted molar refractivity (Wildman–Crippen MR) is 45.5 cm³/mol. The molecule has 0 saturated carbocycles. The first-order chi connectivity index (χ1) is 5.07. The molecule has 0 aliphatic heterocycles. The summed E-state index contributed by atoms with van der Waals surface area (Å²) in [7, 11) is 0. The molecule has 1 atom stereocenters. The SMILES string of the molecule is CC(O)CN(CCO)C(C)C. The maximum Gasteiger partial charge on any atom is 0.0639 e. The summed E-state index contributed by atoms with van der Waals surface area (Å²) in [4.78, 5) is 2.05. The summed E-state index contributed by atoms with van der Waals surface area (Å²) < 4.78 is 0. The highest BCUT2D eigenvalue weighted by atomic mass is 16.3. The number of aliphatic hydroxyl groups is 2. The van der Waals surface area contributed by atoms with Crippen LogP contribution in [0, 0.1) is 0 Å². The Morgan fingerprint density at radius 3 is 2.09 bits per heavy atom. The molecule has 0 amide bonds. The average Bonchev–Trinajstić information content (AvgIpc) is 1.86. The number of rotatable bonds is 5. The molecule has 2 N–H and O–H groups in total. The molecule has 0 bridgehead atoms. The van der Waals surface area contributed by atoms with Gasteiger partial charge in [-0.3, -0.25) is 4.90 Å².